The van der Waals surface area contributed by atoms with E-state index in [2.05, 4.69) is 21.2 Å². The zero-order chi connectivity index (χ0) is 19.8. The SMILES string of the molecule is CC[C@@H](C(=O)NC)N(Cc1cccc(C)c1)C(=O)COc1ccc(Br)cc1. The summed E-state index contributed by atoms with van der Waals surface area (Å²) in [4.78, 5) is 26.8. The molecule has 0 heterocycles. The average Bonchev–Trinajstić information content (AvgIpc) is 2.67. The first-order chi connectivity index (χ1) is 12.9. The van der Waals surface area contributed by atoms with Crippen molar-refractivity contribution >= 4 is 27.7 Å². The summed E-state index contributed by atoms with van der Waals surface area (Å²) in [6.45, 7) is 4.13. The highest BCUT2D eigenvalue weighted by atomic mass is 79.9. The van der Waals surface area contributed by atoms with Crippen molar-refractivity contribution in [2.45, 2.75) is 32.9 Å². The Hall–Kier alpha value is -2.34. The van der Waals surface area contributed by atoms with E-state index in [4.69, 9.17) is 4.74 Å². The average molecular weight is 433 g/mol. The van der Waals surface area contributed by atoms with Crippen LogP contribution in [-0.4, -0.2) is 36.4 Å². The Morgan fingerprint density at radius 1 is 1.19 bits per heavy atom. The lowest BCUT2D eigenvalue weighted by Crippen LogP contribution is -2.49. The molecule has 0 saturated heterocycles. The molecule has 0 spiro atoms. The zero-order valence-electron chi connectivity index (χ0n) is 15.9. The Balaban J connectivity index is 2.17. The molecule has 0 aliphatic rings. The first-order valence-electron chi connectivity index (χ1n) is 8.89. The summed E-state index contributed by atoms with van der Waals surface area (Å²) in [6.07, 6.45) is 0.523. The van der Waals surface area contributed by atoms with Gasteiger partial charge in [-0.2, -0.15) is 0 Å². The molecule has 0 aliphatic carbocycles. The summed E-state index contributed by atoms with van der Waals surface area (Å²) in [6, 6.07) is 14.7. The minimum absolute atomic E-state index is 0.124. The van der Waals surface area contributed by atoms with E-state index in [-0.39, 0.29) is 18.4 Å². The van der Waals surface area contributed by atoms with Crippen molar-refractivity contribution < 1.29 is 14.3 Å². The normalized spacial score (nSPS) is 11.6. The van der Waals surface area contributed by atoms with E-state index in [1.807, 2.05) is 50.2 Å². The Morgan fingerprint density at radius 3 is 2.48 bits per heavy atom. The molecule has 5 nitrogen and oxygen atoms in total. The van der Waals surface area contributed by atoms with Gasteiger partial charge >= 0.3 is 0 Å². The predicted octanol–water partition coefficient (Wildman–Crippen LogP) is 3.69. The second kappa shape index (κ2) is 10.1. The lowest BCUT2D eigenvalue weighted by Gasteiger charge is -2.30. The highest BCUT2D eigenvalue weighted by Crippen LogP contribution is 2.17. The van der Waals surface area contributed by atoms with Crippen LogP contribution >= 0.6 is 15.9 Å². The summed E-state index contributed by atoms with van der Waals surface area (Å²) in [7, 11) is 1.58. The number of ether oxygens (including phenoxy) is 1. The van der Waals surface area contributed by atoms with Gasteiger partial charge < -0.3 is 15.0 Å². The fourth-order valence-corrected chi connectivity index (χ4v) is 3.12. The van der Waals surface area contributed by atoms with E-state index >= 15 is 0 Å². The molecule has 2 aromatic rings. The fraction of sp³-hybridized carbons (Fsp3) is 0.333. The maximum atomic E-state index is 12.9. The van der Waals surface area contributed by atoms with Crippen LogP contribution in [-0.2, 0) is 16.1 Å². The standard InChI is InChI=1S/C21H25BrN2O3/c1-4-19(21(26)23-3)24(13-16-7-5-6-15(2)12-16)20(25)14-27-18-10-8-17(22)9-11-18/h5-12,19H,4,13-14H2,1-3H3,(H,23,26)/t19-/m0/s1. The van der Waals surface area contributed by atoms with Crippen LogP contribution in [0.5, 0.6) is 5.75 Å². The summed E-state index contributed by atoms with van der Waals surface area (Å²) in [5, 5.41) is 2.65. The van der Waals surface area contributed by atoms with Gasteiger partial charge in [-0.25, -0.2) is 0 Å². The minimum atomic E-state index is -0.545. The molecule has 144 valence electrons. The first-order valence-corrected chi connectivity index (χ1v) is 9.68. The van der Waals surface area contributed by atoms with Crippen molar-refractivity contribution in [2.24, 2.45) is 0 Å². The van der Waals surface area contributed by atoms with E-state index < -0.39 is 6.04 Å². The lowest BCUT2D eigenvalue weighted by molar-refractivity contribution is -0.142. The number of amides is 2. The molecule has 0 fully saturated rings. The smallest absolute Gasteiger partial charge is 0.261 e. The third kappa shape index (κ3) is 6.10. The van der Waals surface area contributed by atoms with Crippen LogP contribution in [0, 0.1) is 6.92 Å². The summed E-state index contributed by atoms with van der Waals surface area (Å²) < 4.78 is 6.57. The second-order valence-corrected chi connectivity index (χ2v) is 7.21. The maximum Gasteiger partial charge on any atom is 0.261 e. The maximum absolute atomic E-state index is 12.9. The number of aryl methyl sites for hydroxylation is 1. The molecule has 27 heavy (non-hydrogen) atoms. The topological polar surface area (TPSA) is 58.6 Å². The largest absolute Gasteiger partial charge is 0.484 e. The zero-order valence-corrected chi connectivity index (χ0v) is 17.5. The van der Waals surface area contributed by atoms with E-state index in [1.165, 1.54) is 0 Å². The van der Waals surface area contributed by atoms with Crippen molar-refractivity contribution in [2.75, 3.05) is 13.7 Å². The Morgan fingerprint density at radius 2 is 1.89 bits per heavy atom. The summed E-state index contributed by atoms with van der Waals surface area (Å²) in [5.74, 6) is 0.201. The van der Waals surface area contributed by atoms with Gasteiger partial charge in [0.25, 0.3) is 5.91 Å². The molecule has 6 heteroatoms. The number of hydrogen-bond donors (Lipinski definition) is 1. The quantitative estimate of drug-likeness (QED) is 0.691. The molecule has 0 aromatic heterocycles. The molecule has 0 saturated carbocycles. The molecule has 1 atom stereocenters. The highest BCUT2D eigenvalue weighted by Gasteiger charge is 2.28. The van der Waals surface area contributed by atoms with Crippen LogP contribution in [0.15, 0.2) is 53.0 Å². The molecule has 0 aliphatic heterocycles. The van der Waals surface area contributed by atoms with E-state index in [0.717, 1.165) is 15.6 Å². The number of benzene rings is 2. The van der Waals surface area contributed by atoms with Crippen LogP contribution in [0.3, 0.4) is 0 Å². The number of halogens is 1. The van der Waals surface area contributed by atoms with Gasteiger partial charge in [0.2, 0.25) is 5.91 Å². The highest BCUT2D eigenvalue weighted by molar-refractivity contribution is 9.10. The Kier molecular flexibility index (Phi) is 7.85. The molecular formula is C21H25BrN2O3. The number of carbonyl (C=O) groups excluding carboxylic acids is 2. The molecule has 2 amide bonds. The summed E-state index contributed by atoms with van der Waals surface area (Å²) >= 11 is 3.37. The van der Waals surface area contributed by atoms with Crippen molar-refractivity contribution in [3.63, 3.8) is 0 Å². The van der Waals surface area contributed by atoms with E-state index in [9.17, 15) is 9.59 Å². The fourth-order valence-electron chi connectivity index (χ4n) is 2.85. The van der Waals surface area contributed by atoms with E-state index in [0.29, 0.717) is 18.7 Å². The van der Waals surface area contributed by atoms with Gasteiger partial charge in [0.05, 0.1) is 0 Å². The van der Waals surface area contributed by atoms with Gasteiger partial charge in [-0.3, -0.25) is 9.59 Å². The Labute approximate surface area is 168 Å². The molecule has 0 bridgehead atoms. The third-order valence-electron chi connectivity index (χ3n) is 4.24. The number of nitrogens with zero attached hydrogens (tertiary/aromatic N) is 1. The first kappa shape index (κ1) is 21.0. The molecule has 0 unspecified atom stereocenters. The number of rotatable bonds is 8. The second-order valence-electron chi connectivity index (χ2n) is 6.29. The lowest BCUT2D eigenvalue weighted by atomic mass is 10.1. The van der Waals surface area contributed by atoms with Gasteiger partial charge in [-0.05, 0) is 43.2 Å². The van der Waals surface area contributed by atoms with Crippen LogP contribution < -0.4 is 10.1 Å². The van der Waals surface area contributed by atoms with Crippen LogP contribution in [0.2, 0.25) is 0 Å². The predicted molar refractivity (Wildman–Crippen MR) is 110 cm³/mol. The number of carbonyl (C=O) groups is 2. The van der Waals surface area contributed by atoms with Gasteiger partial charge in [0, 0.05) is 18.1 Å². The molecular weight excluding hydrogens is 408 g/mol. The van der Waals surface area contributed by atoms with Crippen LogP contribution in [0.4, 0.5) is 0 Å². The van der Waals surface area contributed by atoms with Crippen molar-refractivity contribution in [3.05, 3.63) is 64.1 Å². The summed E-state index contributed by atoms with van der Waals surface area (Å²) in [5.41, 5.74) is 2.09. The van der Waals surface area contributed by atoms with Crippen molar-refractivity contribution in [1.29, 1.82) is 0 Å². The van der Waals surface area contributed by atoms with Gasteiger partial charge in [0.15, 0.2) is 6.61 Å². The van der Waals surface area contributed by atoms with Crippen LogP contribution in [0.25, 0.3) is 0 Å². The van der Waals surface area contributed by atoms with Crippen molar-refractivity contribution in [3.8, 4) is 5.75 Å². The monoisotopic (exact) mass is 432 g/mol. The third-order valence-corrected chi connectivity index (χ3v) is 4.77. The van der Waals surface area contributed by atoms with Gasteiger partial charge in [0.1, 0.15) is 11.8 Å². The number of likely N-dealkylation sites (N-methyl/N-ethyl adjacent to an activating group) is 1. The van der Waals surface area contributed by atoms with Gasteiger partial charge in [-0.1, -0.05) is 52.7 Å². The van der Waals surface area contributed by atoms with Crippen LogP contribution in [0.1, 0.15) is 24.5 Å². The number of hydrogen-bond acceptors (Lipinski definition) is 3. The van der Waals surface area contributed by atoms with E-state index in [1.54, 1.807) is 24.1 Å². The number of nitrogens with one attached hydrogen (secondary N) is 1. The Bertz CT molecular complexity index is 777. The van der Waals surface area contributed by atoms with Crippen molar-refractivity contribution in [1.82, 2.24) is 10.2 Å². The molecule has 2 aromatic carbocycles. The molecule has 2 rings (SSSR count). The molecule has 0 radical (unpaired) electrons. The minimum Gasteiger partial charge on any atom is -0.484 e. The van der Waals surface area contributed by atoms with Gasteiger partial charge in [-0.15, -0.1) is 0 Å². The molecule has 1 N–H and O–H groups in total.